The molecule has 1 aromatic rings. The molecule has 1 aliphatic heterocycles. The lowest BCUT2D eigenvalue weighted by Crippen LogP contribution is -1.95. The normalized spacial score (nSPS) is 16.2. The average molecular weight is 211 g/mol. The van der Waals surface area contributed by atoms with Gasteiger partial charge in [-0.2, -0.15) is 0 Å². The molecule has 0 bridgehead atoms. The van der Waals surface area contributed by atoms with Crippen molar-refractivity contribution in [2.24, 2.45) is 4.99 Å². The molecular weight excluding hydrogens is 198 g/mol. The Kier molecular flexibility index (Phi) is 3.06. The summed E-state index contributed by atoms with van der Waals surface area (Å²) in [7, 11) is 0. The van der Waals surface area contributed by atoms with E-state index >= 15 is 0 Å². The number of nitrogens with zero attached hydrogens (tertiary/aromatic N) is 1. The predicted molar refractivity (Wildman–Crippen MR) is 62.2 cm³/mol. The first-order valence-electron chi connectivity index (χ1n) is 4.66. The summed E-state index contributed by atoms with van der Waals surface area (Å²) in [6.07, 6.45) is 2.42. The minimum atomic E-state index is 1.00. The highest BCUT2D eigenvalue weighted by molar-refractivity contribution is 8.14. The number of hydrogen-bond acceptors (Lipinski definition) is 3. The largest absolute Gasteiger partial charge is 0.278 e. The number of hydrogen-bond donors (Lipinski definition) is 0. The van der Waals surface area contributed by atoms with Gasteiger partial charge in [0.1, 0.15) is 0 Å². The molecule has 1 aromatic heterocycles. The molecule has 0 radical (unpaired) electrons. The van der Waals surface area contributed by atoms with Crippen molar-refractivity contribution in [3.8, 4) is 0 Å². The van der Waals surface area contributed by atoms with E-state index in [-0.39, 0.29) is 0 Å². The van der Waals surface area contributed by atoms with Crippen molar-refractivity contribution < 1.29 is 0 Å². The molecule has 0 saturated carbocycles. The van der Waals surface area contributed by atoms with Crippen LogP contribution in [0.5, 0.6) is 0 Å². The molecular formula is C10H13NS2. The number of thiophene rings is 1. The van der Waals surface area contributed by atoms with Crippen LogP contribution in [0.1, 0.15) is 23.8 Å². The third-order valence-corrected chi connectivity index (χ3v) is 3.97. The van der Waals surface area contributed by atoms with Gasteiger partial charge in [0.05, 0.1) is 5.04 Å². The fourth-order valence-electron chi connectivity index (χ4n) is 1.49. The first kappa shape index (κ1) is 9.28. The molecule has 3 heteroatoms. The highest BCUT2D eigenvalue weighted by Crippen LogP contribution is 2.26. The molecule has 1 aliphatic rings. The summed E-state index contributed by atoms with van der Waals surface area (Å²) in [5.74, 6) is 1.12. The number of aryl methyl sites for hydroxylation is 1. The molecule has 2 rings (SSSR count). The quantitative estimate of drug-likeness (QED) is 0.695. The molecule has 0 spiro atoms. The van der Waals surface area contributed by atoms with E-state index in [0.29, 0.717) is 0 Å². The Hall–Kier alpha value is -0.280. The fraction of sp³-hybridized carbons (Fsp3) is 0.500. The third-order valence-electron chi connectivity index (χ3n) is 2.07. The molecule has 0 atom stereocenters. The average Bonchev–Trinajstić information content (AvgIpc) is 2.52. The van der Waals surface area contributed by atoms with Gasteiger partial charge in [-0.25, -0.2) is 0 Å². The molecule has 0 N–H and O–H groups in total. The zero-order chi connectivity index (χ0) is 9.10. The highest BCUT2D eigenvalue weighted by Gasteiger charge is 2.13. The van der Waals surface area contributed by atoms with Crippen molar-refractivity contribution in [3.05, 3.63) is 21.9 Å². The van der Waals surface area contributed by atoms with E-state index in [1.807, 2.05) is 23.1 Å². The van der Waals surface area contributed by atoms with Gasteiger partial charge < -0.3 is 0 Å². The van der Waals surface area contributed by atoms with Gasteiger partial charge in [0, 0.05) is 17.0 Å². The Bertz CT molecular complexity index is 314. The summed E-state index contributed by atoms with van der Waals surface area (Å²) in [6.45, 7) is 3.19. The van der Waals surface area contributed by atoms with Gasteiger partial charge in [0.25, 0.3) is 0 Å². The van der Waals surface area contributed by atoms with E-state index < -0.39 is 0 Å². The van der Waals surface area contributed by atoms with Gasteiger partial charge >= 0.3 is 0 Å². The first-order chi connectivity index (χ1) is 6.42. The van der Waals surface area contributed by atoms with E-state index in [4.69, 9.17) is 0 Å². The zero-order valence-electron chi connectivity index (χ0n) is 7.75. The van der Waals surface area contributed by atoms with Gasteiger partial charge in [-0.15, -0.1) is 23.1 Å². The first-order valence-corrected chi connectivity index (χ1v) is 6.52. The Labute approximate surface area is 87.3 Å². The van der Waals surface area contributed by atoms with Crippen LogP contribution in [0.15, 0.2) is 16.4 Å². The lowest BCUT2D eigenvalue weighted by molar-refractivity contribution is 0.855. The molecule has 0 amide bonds. The number of aliphatic imine (C=N–C) groups is 1. The molecule has 13 heavy (non-hydrogen) atoms. The summed E-state index contributed by atoms with van der Waals surface area (Å²) in [6, 6.07) is 2.22. The van der Waals surface area contributed by atoms with Gasteiger partial charge in [-0.1, -0.05) is 6.92 Å². The van der Waals surface area contributed by atoms with Crippen molar-refractivity contribution in [2.45, 2.75) is 19.8 Å². The molecule has 0 aromatic carbocycles. The molecule has 70 valence electrons. The van der Waals surface area contributed by atoms with Gasteiger partial charge in [-0.3, -0.25) is 4.99 Å². The van der Waals surface area contributed by atoms with Crippen molar-refractivity contribution in [2.75, 3.05) is 12.3 Å². The number of thioether (sulfide) groups is 1. The van der Waals surface area contributed by atoms with Crippen molar-refractivity contribution >= 4 is 28.1 Å². The zero-order valence-corrected chi connectivity index (χ0v) is 9.38. The van der Waals surface area contributed by atoms with Crippen LogP contribution in [-0.4, -0.2) is 17.3 Å². The third kappa shape index (κ3) is 1.97. The second-order valence-corrected chi connectivity index (χ2v) is 5.23. The van der Waals surface area contributed by atoms with Crippen LogP contribution in [0.25, 0.3) is 0 Å². The maximum absolute atomic E-state index is 4.61. The second-order valence-electron chi connectivity index (χ2n) is 2.98. The number of rotatable bonds is 1. The summed E-state index contributed by atoms with van der Waals surface area (Å²) in [5.41, 5.74) is 1.40. The summed E-state index contributed by atoms with van der Waals surface area (Å²) in [5, 5.41) is 3.44. The van der Waals surface area contributed by atoms with Crippen molar-refractivity contribution in [3.63, 3.8) is 0 Å². The minimum Gasteiger partial charge on any atom is -0.278 e. The van der Waals surface area contributed by atoms with Crippen LogP contribution < -0.4 is 0 Å². The second kappa shape index (κ2) is 4.29. The van der Waals surface area contributed by atoms with Crippen LogP contribution >= 0.6 is 23.1 Å². The fourth-order valence-corrected chi connectivity index (χ4v) is 3.28. The standard InChI is InChI=1S/C10H13NS2/c1-2-12-10-8-5-7-13-9(8)4-3-6-11-10/h5,7H,2-4,6H2,1H3. The van der Waals surface area contributed by atoms with E-state index in [1.54, 1.807) is 0 Å². The van der Waals surface area contributed by atoms with Crippen LogP contribution in [0.2, 0.25) is 0 Å². The highest BCUT2D eigenvalue weighted by atomic mass is 32.2. The SMILES string of the molecule is CCSC1=NCCCc2sccc21. The summed E-state index contributed by atoms with van der Waals surface area (Å²) in [4.78, 5) is 6.14. The van der Waals surface area contributed by atoms with Gasteiger partial charge in [0.2, 0.25) is 0 Å². The monoisotopic (exact) mass is 211 g/mol. The van der Waals surface area contributed by atoms with Gasteiger partial charge in [0.15, 0.2) is 0 Å². The van der Waals surface area contributed by atoms with Crippen LogP contribution in [-0.2, 0) is 6.42 Å². The van der Waals surface area contributed by atoms with Crippen molar-refractivity contribution in [1.82, 2.24) is 0 Å². The number of fused-ring (bicyclic) bond motifs is 1. The lowest BCUT2D eigenvalue weighted by atomic mass is 10.2. The lowest BCUT2D eigenvalue weighted by Gasteiger charge is -2.01. The molecule has 0 unspecified atom stereocenters. The predicted octanol–water partition coefficient (Wildman–Crippen LogP) is 3.19. The molecule has 0 fully saturated rings. The molecule has 1 nitrogen and oxygen atoms in total. The Morgan fingerprint density at radius 2 is 2.54 bits per heavy atom. The molecule has 2 heterocycles. The van der Waals surface area contributed by atoms with Crippen LogP contribution in [0.3, 0.4) is 0 Å². The summed E-state index contributed by atoms with van der Waals surface area (Å²) < 4.78 is 0. The van der Waals surface area contributed by atoms with E-state index in [2.05, 4.69) is 23.4 Å². The Morgan fingerprint density at radius 1 is 1.62 bits per heavy atom. The van der Waals surface area contributed by atoms with Crippen LogP contribution in [0.4, 0.5) is 0 Å². The topological polar surface area (TPSA) is 12.4 Å². The Balaban J connectivity index is 2.31. The van der Waals surface area contributed by atoms with Crippen molar-refractivity contribution in [1.29, 1.82) is 0 Å². The maximum Gasteiger partial charge on any atom is 0.0987 e. The van der Waals surface area contributed by atoms with E-state index in [1.165, 1.54) is 28.3 Å². The minimum absolute atomic E-state index is 1.00. The van der Waals surface area contributed by atoms with Gasteiger partial charge in [-0.05, 0) is 30.0 Å². The van der Waals surface area contributed by atoms with E-state index in [0.717, 1.165) is 12.3 Å². The molecule has 0 aliphatic carbocycles. The smallest absolute Gasteiger partial charge is 0.0987 e. The summed E-state index contributed by atoms with van der Waals surface area (Å²) >= 11 is 3.74. The molecule has 0 saturated heterocycles. The maximum atomic E-state index is 4.61. The van der Waals surface area contributed by atoms with Crippen LogP contribution in [0, 0.1) is 0 Å². The Morgan fingerprint density at radius 3 is 3.38 bits per heavy atom. The van der Waals surface area contributed by atoms with E-state index in [9.17, 15) is 0 Å².